The summed E-state index contributed by atoms with van der Waals surface area (Å²) >= 11 is 0. The topological polar surface area (TPSA) is 90.3 Å². The number of rotatable bonds is 7. The lowest BCUT2D eigenvalue weighted by atomic mass is 10.3. The van der Waals surface area contributed by atoms with E-state index < -0.39 is 5.97 Å². The van der Waals surface area contributed by atoms with E-state index in [9.17, 15) is 14.4 Å². The minimum absolute atomic E-state index is 0.0185. The van der Waals surface area contributed by atoms with Gasteiger partial charge in [0.15, 0.2) is 12.3 Å². The summed E-state index contributed by atoms with van der Waals surface area (Å²) in [6.45, 7) is 4.33. The fraction of sp³-hybridized carbons (Fsp3) is 0.538. The average Bonchev–Trinajstić information content (AvgIpc) is 2.44. The van der Waals surface area contributed by atoms with Crippen molar-refractivity contribution in [3.63, 3.8) is 0 Å². The normalized spacial score (nSPS) is 10.1. The number of ether oxygens (including phenoxy) is 1. The Morgan fingerprint density at radius 2 is 2.10 bits per heavy atom. The quantitative estimate of drug-likeness (QED) is 0.728. The van der Waals surface area contributed by atoms with Crippen molar-refractivity contribution in [3.05, 3.63) is 28.2 Å². The number of aromatic nitrogens is 2. The van der Waals surface area contributed by atoms with Crippen molar-refractivity contribution in [2.45, 2.75) is 33.2 Å². The first kappa shape index (κ1) is 15.9. The molecule has 20 heavy (non-hydrogen) atoms. The van der Waals surface area contributed by atoms with Gasteiger partial charge in [0.25, 0.3) is 11.5 Å². The molecule has 0 fully saturated rings. The van der Waals surface area contributed by atoms with Gasteiger partial charge in [0.1, 0.15) is 0 Å². The molecule has 110 valence electrons. The first-order valence-corrected chi connectivity index (χ1v) is 6.60. The van der Waals surface area contributed by atoms with Crippen LogP contribution in [0.3, 0.4) is 0 Å². The van der Waals surface area contributed by atoms with E-state index in [1.807, 2.05) is 6.92 Å². The predicted octanol–water partition coefficient (Wildman–Crippen LogP) is 0.336. The molecule has 7 nitrogen and oxygen atoms in total. The molecule has 0 bridgehead atoms. The Morgan fingerprint density at radius 1 is 1.35 bits per heavy atom. The summed E-state index contributed by atoms with van der Waals surface area (Å²) in [4.78, 5) is 34.4. The molecule has 1 aromatic rings. The number of likely N-dealkylation sites (N-methyl/N-ethyl adjacent to an activating group) is 1. The van der Waals surface area contributed by atoms with E-state index in [0.29, 0.717) is 13.1 Å². The Kier molecular flexibility index (Phi) is 6.42. The number of amides is 1. The summed E-state index contributed by atoms with van der Waals surface area (Å²) in [7, 11) is 0. The number of nitrogens with zero attached hydrogens (tertiary/aromatic N) is 2. The van der Waals surface area contributed by atoms with Gasteiger partial charge in [-0.1, -0.05) is 13.3 Å². The van der Waals surface area contributed by atoms with E-state index in [1.165, 1.54) is 16.8 Å². The molecule has 0 unspecified atom stereocenters. The van der Waals surface area contributed by atoms with E-state index in [4.69, 9.17) is 4.74 Å². The largest absolute Gasteiger partial charge is 0.451 e. The highest BCUT2D eigenvalue weighted by Gasteiger charge is 2.12. The number of hydrogen-bond acceptors (Lipinski definition) is 5. The van der Waals surface area contributed by atoms with E-state index in [2.05, 4.69) is 10.4 Å². The first-order chi connectivity index (χ1) is 9.58. The van der Waals surface area contributed by atoms with Crippen LogP contribution in [-0.4, -0.2) is 34.8 Å². The van der Waals surface area contributed by atoms with Crippen LogP contribution in [0.4, 0.5) is 0 Å². The van der Waals surface area contributed by atoms with Gasteiger partial charge in [0, 0.05) is 19.2 Å². The molecule has 0 aliphatic rings. The third kappa shape index (κ3) is 4.83. The first-order valence-electron chi connectivity index (χ1n) is 6.60. The molecule has 7 heteroatoms. The summed E-state index contributed by atoms with van der Waals surface area (Å²) in [5.74, 6) is -1.10. The van der Waals surface area contributed by atoms with Crippen molar-refractivity contribution >= 4 is 11.9 Å². The highest BCUT2D eigenvalue weighted by atomic mass is 16.5. The lowest BCUT2D eigenvalue weighted by Gasteiger charge is -2.07. The minimum atomic E-state index is -0.721. The molecule has 0 aliphatic carbocycles. The van der Waals surface area contributed by atoms with Crippen molar-refractivity contribution < 1.29 is 14.3 Å². The van der Waals surface area contributed by atoms with Gasteiger partial charge in [-0.2, -0.15) is 5.10 Å². The molecular weight excluding hydrogens is 262 g/mol. The molecule has 0 aromatic carbocycles. The van der Waals surface area contributed by atoms with Gasteiger partial charge < -0.3 is 10.1 Å². The lowest BCUT2D eigenvalue weighted by Crippen LogP contribution is -2.29. The van der Waals surface area contributed by atoms with Crippen LogP contribution in [0.5, 0.6) is 0 Å². The monoisotopic (exact) mass is 281 g/mol. The fourth-order valence-corrected chi connectivity index (χ4v) is 1.48. The van der Waals surface area contributed by atoms with Gasteiger partial charge in [-0.25, -0.2) is 9.48 Å². The van der Waals surface area contributed by atoms with Crippen LogP contribution in [0.15, 0.2) is 16.9 Å². The molecule has 0 aliphatic heterocycles. The molecule has 1 rings (SSSR count). The second-order valence-electron chi connectivity index (χ2n) is 4.16. The number of unbranched alkanes of at least 4 members (excludes halogenated alkanes) is 1. The Hall–Kier alpha value is -2.18. The van der Waals surface area contributed by atoms with E-state index in [-0.39, 0.29) is 23.8 Å². The van der Waals surface area contributed by atoms with Gasteiger partial charge in [-0.3, -0.25) is 9.59 Å². The maximum atomic E-state index is 11.7. The van der Waals surface area contributed by atoms with Crippen LogP contribution in [0, 0.1) is 0 Å². The summed E-state index contributed by atoms with van der Waals surface area (Å²) < 4.78 is 6.04. The van der Waals surface area contributed by atoms with Gasteiger partial charge >= 0.3 is 5.97 Å². The minimum Gasteiger partial charge on any atom is -0.451 e. The second kappa shape index (κ2) is 8.08. The number of nitrogens with one attached hydrogen (secondary N) is 1. The summed E-state index contributed by atoms with van der Waals surface area (Å²) in [5, 5.41) is 6.44. The number of aryl methyl sites for hydroxylation is 1. The van der Waals surface area contributed by atoms with E-state index >= 15 is 0 Å². The molecule has 0 spiro atoms. The van der Waals surface area contributed by atoms with Gasteiger partial charge in [0.2, 0.25) is 0 Å². The van der Waals surface area contributed by atoms with Crippen molar-refractivity contribution in [1.82, 2.24) is 15.1 Å². The zero-order valence-electron chi connectivity index (χ0n) is 11.7. The van der Waals surface area contributed by atoms with Crippen LogP contribution in [0.2, 0.25) is 0 Å². The molecule has 1 heterocycles. The molecule has 0 saturated carbocycles. The smallest absolute Gasteiger partial charge is 0.359 e. The predicted molar refractivity (Wildman–Crippen MR) is 72.4 cm³/mol. The summed E-state index contributed by atoms with van der Waals surface area (Å²) in [6, 6.07) is 2.57. The van der Waals surface area contributed by atoms with E-state index in [0.717, 1.165) is 12.8 Å². The molecule has 1 N–H and O–H groups in total. The standard InChI is InChI=1S/C13H19N3O4/c1-3-5-8-16-12(18)7-6-10(15-16)13(19)20-9-11(17)14-4-2/h6-7H,3-5,8-9H2,1-2H3,(H,14,17). The maximum absolute atomic E-state index is 11.7. The average molecular weight is 281 g/mol. The van der Waals surface area contributed by atoms with Crippen LogP contribution < -0.4 is 10.9 Å². The fourth-order valence-electron chi connectivity index (χ4n) is 1.48. The number of esters is 1. The summed E-state index contributed by atoms with van der Waals surface area (Å²) in [6.07, 6.45) is 1.71. The molecule has 1 aromatic heterocycles. The highest BCUT2D eigenvalue weighted by Crippen LogP contribution is 1.96. The third-order valence-corrected chi connectivity index (χ3v) is 2.51. The van der Waals surface area contributed by atoms with E-state index in [1.54, 1.807) is 6.92 Å². The Labute approximate surface area is 116 Å². The van der Waals surface area contributed by atoms with Crippen molar-refractivity contribution in [2.75, 3.05) is 13.2 Å². The highest BCUT2D eigenvalue weighted by molar-refractivity contribution is 5.89. The molecule has 0 radical (unpaired) electrons. The Balaban J connectivity index is 2.68. The van der Waals surface area contributed by atoms with Crippen molar-refractivity contribution in [2.24, 2.45) is 0 Å². The molecule has 0 atom stereocenters. The van der Waals surface area contributed by atoms with Crippen LogP contribution in [0.25, 0.3) is 0 Å². The zero-order chi connectivity index (χ0) is 15.0. The Morgan fingerprint density at radius 3 is 2.75 bits per heavy atom. The number of carbonyl (C=O) groups is 2. The van der Waals surface area contributed by atoms with Gasteiger partial charge in [0.05, 0.1) is 0 Å². The second-order valence-corrected chi connectivity index (χ2v) is 4.16. The van der Waals surface area contributed by atoms with Crippen LogP contribution in [0.1, 0.15) is 37.2 Å². The van der Waals surface area contributed by atoms with Crippen LogP contribution >= 0.6 is 0 Å². The maximum Gasteiger partial charge on any atom is 0.359 e. The molecular formula is C13H19N3O4. The van der Waals surface area contributed by atoms with Crippen molar-refractivity contribution in [3.8, 4) is 0 Å². The zero-order valence-corrected chi connectivity index (χ0v) is 11.7. The van der Waals surface area contributed by atoms with Crippen molar-refractivity contribution in [1.29, 1.82) is 0 Å². The van der Waals surface area contributed by atoms with Crippen LogP contribution in [-0.2, 0) is 16.1 Å². The number of hydrogen-bond donors (Lipinski definition) is 1. The third-order valence-electron chi connectivity index (χ3n) is 2.51. The number of carbonyl (C=O) groups excluding carboxylic acids is 2. The van der Waals surface area contributed by atoms with Gasteiger partial charge in [-0.15, -0.1) is 0 Å². The summed E-state index contributed by atoms with van der Waals surface area (Å²) in [5.41, 5.74) is -0.247. The van der Waals surface area contributed by atoms with Gasteiger partial charge in [-0.05, 0) is 19.4 Å². The Bertz CT molecular complexity index is 525. The molecule has 1 amide bonds. The SMILES string of the molecule is CCCCn1nc(C(=O)OCC(=O)NCC)ccc1=O. The molecule has 0 saturated heterocycles. The lowest BCUT2D eigenvalue weighted by molar-refractivity contribution is -0.124.